The zero-order chi connectivity index (χ0) is 6.85. The molecule has 0 aliphatic carbocycles. The summed E-state index contributed by atoms with van der Waals surface area (Å²) in [4.78, 5) is 22.7. The molecule has 0 aromatic rings. The van der Waals surface area contributed by atoms with Crippen LogP contribution in [0.15, 0.2) is 0 Å². The van der Waals surface area contributed by atoms with E-state index in [0.717, 1.165) is 0 Å². The Kier molecular flexibility index (Phi) is 1.88. The second-order valence-electron chi connectivity index (χ2n) is 1.84. The molecule has 0 unspecified atom stereocenters. The first-order chi connectivity index (χ1) is 4.22. The molecule has 0 saturated carbocycles. The molecule has 3 nitrogen and oxygen atoms in total. The van der Waals surface area contributed by atoms with Gasteiger partial charge >= 0.3 is 58.9 Å². The summed E-state index contributed by atoms with van der Waals surface area (Å²) in [6, 6.07) is 0. The maximum atomic E-state index is 10.7. The van der Waals surface area contributed by atoms with E-state index in [-0.39, 0.29) is 26.8 Å². The fraction of sp³-hybridized carbons (Fsp3) is 0.600. The molecule has 9 heavy (non-hydrogen) atoms. The van der Waals surface area contributed by atoms with Gasteiger partial charge in [-0.2, -0.15) is 0 Å². The van der Waals surface area contributed by atoms with E-state index < -0.39 is 0 Å². The van der Waals surface area contributed by atoms with Crippen molar-refractivity contribution in [1.29, 1.82) is 0 Å². The molecule has 0 aromatic heterocycles. The van der Waals surface area contributed by atoms with E-state index in [2.05, 4.69) is 0 Å². The predicted octanol–water partition coefficient (Wildman–Crippen LogP) is -0.474. The van der Waals surface area contributed by atoms with Gasteiger partial charge in [-0.25, -0.2) is 0 Å². The number of carbonyl (C=O) groups excluding carboxylic acids is 2. The molecule has 1 heterocycles. The van der Waals surface area contributed by atoms with Gasteiger partial charge in [0, 0.05) is 0 Å². The van der Waals surface area contributed by atoms with Crippen molar-refractivity contribution < 1.29 is 9.59 Å². The van der Waals surface area contributed by atoms with E-state index in [9.17, 15) is 9.59 Å². The Balaban J connectivity index is 2.62. The summed E-state index contributed by atoms with van der Waals surface area (Å²) in [7, 11) is 1.54. The first kappa shape index (κ1) is 6.77. The van der Waals surface area contributed by atoms with Crippen molar-refractivity contribution in [2.24, 2.45) is 0 Å². The molecule has 1 fully saturated rings. The van der Waals surface area contributed by atoms with E-state index in [4.69, 9.17) is 0 Å². The normalized spacial score (nSPS) is 20.8. The van der Waals surface area contributed by atoms with Gasteiger partial charge in [-0.05, 0) is 0 Å². The van der Waals surface area contributed by atoms with Crippen molar-refractivity contribution in [2.75, 3.05) is 7.05 Å². The number of hydrogen-bond acceptors (Lipinski definition) is 2. The zero-order valence-corrected chi connectivity index (χ0v) is 6.80. The second-order valence-corrected chi connectivity index (χ2v) is 3.91. The summed E-state index contributed by atoms with van der Waals surface area (Å²) in [6.07, 6.45) is 0. The minimum absolute atomic E-state index is 0.0220. The Morgan fingerprint density at radius 1 is 1.33 bits per heavy atom. The van der Waals surface area contributed by atoms with Gasteiger partial charge in [0.05, 0.1) is 0 Å². The third-order valence-corrected chi connectivity index (χ3v) is 3.09. The van der Waals surface area contributed by atoms with Crippen LogP contribution in [-0.2, 0) is 9.59 Å². The summed E-state index contributed by atoms with van der Waals surface area (Å²) >= 11 is 0.237. The number of carbonyl (C=O) groups is 2. The quantitative estimate of drug-likeness (QED) is 0.384. The van der Waals surface area contributed by atoms with Gasteiger partial charge in [0.25, 0.3) is 0 Å². The third kappa shape index (κ3) is 1.31. The SMILES string of the molecule is CN1C(=O)C[Se]CC1=O. The predicted molar refractivity (Wildman–Crippen MR) is 33.1 cm³/mol. The van der Waals surface area contributed by atoms with Crippen molar-refractivity contribution in [2.45, 2.75) is 10.6 Å². The summed E-state index contributed by atoms with van der Waals surface area (Å²) in [5, 5.41) is 1.18. The Labute approximate surface area is 59.6 Å². The zero-order valence-electron chi connectivity index (χ0n) is 5.09. The summed E-state index contributed by atoms with van der Waals surface area (Å²) in [6.45, 7) is 0. The third-order valence-electron chi connectivity index (χ3n) is 1.20. The summed E-state index contributed by atoms with van der Waals surface area (Å²) in [5.41, 5.74) is 0. The molecule has 2 amide bonds. The van der Waals surface area contributed by atoms with Crippen LogP contribution in [-0.4, -0.2) is 38.7 Å². The molecule has 1 saturated heterocycles. The van der Waals surface area contributed by atoms with E-state index in [0.29, 0.717) is 10.6 Å². The Hall–Kier alpha value is -0.341. The molecule has 1 aliphatic heterocycles. The van der Waals surface area contributed by atoms with Crippen LogP contribution in [0.4, 0.5) is 0 Å². The summed E-state index contributed by atoms with van der Waals surface area (Å²) in [5.74, 6) is -0.0440. The van der Waals surface area contributed by atoms with Crippen LogP contribution in [0.1, 0.15) is 0 Å². The van der Waals surface area contributed by atoms with Crippen molar-refractivity contribution >= 4 is 26.8 Å². The Morgan fingerprint density at radius 3 is 2.11 bits per heavy atom. The number of nitrogens with zero attached hydrogens (tertiary/aromatic N) is 1. The van der Waals surface area contributed by atoms with Gasteiger partial charge < -0.3 is 0 Å². The average molecular weight is 192 g/mol. The van der Waals surface area contributed by atoms with Crippen LogP contribution in [0.3, 0.4) is 0 Å². The van der Waals surface area contributed by atoms with Gasteiger partial charge in [0.15, 0.2) is 0 Å². The standard InChI is InChI=1S/C5H7NO2Se/c1-6-4(7)2-9-3-5(6)8/h2-3H2,1H3. The first-order valence-corrected chi connectivity index (χ1v) is 5.01. The van der Waals surface area contributed by atoms with Gasteiger partial charge in [-0.3, -0.25) is 0 Å². The van der Waals surface area contributed by atoms with Crippen molar-refractivity contribution in [3.8, 4) is 0 Å². The van der Waals surface area contributed by atoms with Crippen molar-refractivity contribution in [3.63, 3.8) is 0 Å². The fourth-order valence-corrected chi connectivity index (χ4v) is 2.32. The van der Waals surface area contributed by atoms with Gasteiger partial charge in [0.1, 0.15) is 0 Å². The Bertz CT molecular complexity index is 141. The summed E-state index contributed by atoms with van der Waals surface area (Å²) < 4.78 is 0. The van der Waals surface area contributed by atoms with Crippen LogP contribution >= 0.6 is 0 Å². The van der Waals surface area contributed by atoms with Crippen molar-refractivity contribution in [1.82, 2.24) is 4.90 Å². The van der Waals surface area contributed by atoms with Crippen LogP contribution in [0, 0.1) is 0 Å². The molecule has 0 atom stereocenters. The number of rotatable bonds is 0. The molecule has 1 rings (SSSR count). The van der Waals surface area contributed by atoms with Crippen LogP contribution in [0.5, 0.6) is 0 Å². The van der Waals surface area contributed by atoms with Gasteiger partial charge in [-0.15, -0.1) is 0 Å². The second kappa shape index (κ2) is 2.50. The fourth-order valence-electron chi connectivity index (χ4n) is 0.558. The number of imide groups is 1. The average Bonchev–Trinajstić information content (AvgIpc) is 1.83. The van der Waals surface area contributed by atoms with E-state index in [1.54, 1.807) is 7.05 Å². The minimum atomic E-state index is -0.0220. The molecule has 0 aromatic carbocycles. The van der Waals surface area contributed by atoms with Crippen LogP contribution < -0.4 is 0 Å². The van der Waals surface area contributed by atoms with E-state index >= 15 is 0 Å². The first-order valence-electron chi connectivity index (χ1n) is 2.59. The number of hydrogen-bond donors (Lipinski definition) is 0. The monoisotopic (exact) mass is 193 g/mol. The molecule has 4 heteroatoms. The molecular formula is C5H7NO2Se. The van der Waals surface area contributed by atoms with Crippen LogP contribution in [0.2, 0.25) is 10.6 Å². The maximum absolute atomic E-state index is 10.7. The molecule has 1 aliphatic rings. The van der Waals surface area contributed by atoms with Crippen molar-refractivity contribution in [3.05, 3.63) is 0 Å². The van der Waals surface area contributed by atoms with E-state index in [1.807, 2.05) is 0 Å². The molecular weight excluding hydrogens is 185 g/mol. The van der Waals surface area contributed by atoms with Gasteiger partial charge in [-0.1, -0.05) is 0 Å². The number of amides is 2. The molecule has 50 valence electrons. The van der Waals surface area contributed by atoms with Gasteiger partial charge in [0.2, 0.25) is 0 Å². The topological polar surface area (TPSA) is 37.4 Å². The molecule has 0 spiro atoms. The molecule has 0 bridgehead atoms. The van der Waals surface area contributed by atoms with E-state index in [1.165, 1.54) is 4.90 Å². The Morgan fingerprint density at radius 2 is 1.78 bits per heavy atom. The molecule has 0 radical (unpaired) electrons. The van der Waals surface area contributed by atoms with Crippen LogP contribution in [0.25, 0.3) is 0 Å². The molecule has 0 N–H and O–H groups in total.